The van der Waals surface area contributed by atoms with E-state index >= 15 is 0 Å². The summed E-state index contributed by atoms with van der Waals surface area (Å²) in [5, 5.41) is 2.90. The molecule has 5 nitrogen and oxygen atoms in total. The number of hydrogen-bond donors (Lipinski definition) is 1. The first-order valence-corrected chi connectivity index (χ1v) is 8.26. The molecule has 128 valence electrons. The number of amides is 2. The van der Waals surface area contributed by atoms with E-state index in [1.54, 1.807) is 11.9 Å². The Labute approximate surface area is 150 Å². The van der Waals surface area contributed by atoms with E-state index in [1.807, 2.05) is 78.9 Å². The second-order valence-electron chi connectivity index (χ2n) is 5.89. The van der Waals surface area contributed by atoms with Crippen LogP contribution in [-0.4, -0.2) is 18.1 Å². The molecule has 0 bridgehead atoms. The first-order chi connectivity index (χ1) is 12.7. The first kappa shape index (κ1) is 15.9. The molecule has 0 saturated heterocycles. The van der Waals surface area contributed by atoms with Crippen molar-refractivity contribution in [2.45, 2.75) is 0 Å². The van der Waals surface area contributed by atoms with Crippen molar-refractivity contribution in [2.24, 2.45) is 0 Å². The number of nitrogens with one attached hydrogen (secondary N) is 1. The number of para-hydroxylation sites is 3. The second kappa shape index (κ2) is 6.72. The van der Waals surface area contributed by atoms with Gasteiger partial charge in [0.2, 0.25) is 5.89 Å². The molecule has 3 aromatic carbocycles. The zero-order valence-electron chi connectivity index (χ0n) is 14.2. The monoisotopic (exact) mass is 343 g/mol. The highest BCUT2D eigenvalue weighted by Crippen LogP contribution is 2.26. The van der Waals surface area contributed by atoms with Crippen molar-refractivity contribution in [3.8, 4) is 11.5 Å². The van der Waals surface area contributed by atoms with Gasteiger partial charge in [-0.2, -0.15) is 0 Å². The number of benzene rings is 3. The molecule has 0 radical (unpaired) electrons. The van der Waals surface area contributed by atoms with E-state index in [-0.39, 0.29) is 6.03 Å². The molecule has 1 aromatic heterocycles. The van der Waals surface area contributed by atoms with Crippen LogP contribution in [0.15, 0.2) is 83.3 Å². The minimum absolute atomic E-state index is 0.217. The molecule has 0 atom stereocenters. The summed E-state index contributed by atoms with van der Waals surface area (Å²) in [6.45, 7) is 0. The van der Waals surface area contributed by atoms with Crippen LogP contribution in [0.5, 0.6) is 0 Å². The smallest absolute Gasteiger partial charge is 0.326 e. The highest BCUT2D eigenvalue weighted by Gasteiger charge is 2.12. The molecule has 0 aliphatic rings. The molecular weight excluding hydrogens is 326 g/mol. The van der Waals surface area contributed by atoms with E-state index in [1.165, 1.54) is 0 Å². The van der Waals surface area contributed by atoms with E-state index in [2.05, 4.69) is 10.3 Å². The van der Waals surface area contributed by atoms with Crippen LogP contribution in [-0.2, 0) is 0 Å². The average Bonchev–Trinajstić information content (AvgIpc) is 3.12. The molecule has 1 N–H and O–H groups in total. The Kier molecular flexibility index (Phi) is 4.11. The highest BCUT2D eigenvalue weighted by atomic mass is 16.3. The van der Waals surface area contributed by atoms with Crippen molar-refractivity contribution < 1.29 is 9.21 Å². The standard InChI is InChI=1S/C21H17N3O2/c1-24(17-10-3-2-4-11-17)21(25)22-16-9-7-8-15(14-16)20-23-18-12-5-6-13-19(18)26-20/h2-14H,1H3,(H,22,25). The molecule has 0 saturated carbocycles. The van der Waals surface area contributed by atoms with Crippen LogP contribution in [0.1, 0.15) is 0 Å². The third-order valence-electron chi connectivity index (χ3n) is 4.10. The second-order valence-corrected chi connectivity index (χ2v) is 5.89. The zero-order chi connectivity index (χ0) is 17.9. The summed E-state index contributed by atoms with van der Waals surface area (Å²) in [4.78, 5) is 18.5. The Morgan fingerprint density at radius 1 is 0.962 bits per heavy atom. The van der Waals surface area contributed by atoms with Gasteiger partial charge in [0.25, 0.3) is 0 Å². The summed E-state index contributed by atoms with van der Waals surface area (Å²) in [5.74, 6) is 0.527. The Balaban J connectivity index is 1.57. The van der Waals surface area contributed by atoms with Crippen LogP contribution in [0.4, 0.5) is 16.2 Å². The zero-order valence-corrected chi connectivity index (χ0v) is 14.2. The van der Waals surface area contributed by atoms with Crippen molar-refractivity contribution in [3.05, 3.63) is 78.9 Å². The van der Waals surface area contributed by atoms with Gasteiger partial charge < -0.3 is 9.73 Å². The first-order valence-electron chi connectivity index (χ1n) is 8.26. The Hall–Kier alpha value is -3.60. The van der Waals surface area contributed by atoms with E-state index in [4.69, 9.17) is 4.42 Å². The van der Waals surface area contributed by atoms with E-state index in [0.717, 1.165) is 22.4 Å². The van der Waals surface area contributed by atoms with Crippen molar-refractivity contribution >= 4 is 28.5 Å². The number of nitrogens with zero attached hydrogens (tertiary/aromatic N) is 2. The van der Waals surface area contributed by atoms with Gasteiger partial charge in [0.05, 0.1) is 0 Å². The number of oxazole rings is 1. The summed E-state index contributed by atoms with van der Waals surface area (Å²) in [6, 6.07) is 24.3. The summed E-state index contributed by atoms with van der Waals surface area (Å²) in [6.07, 6.45) is 0. The van der Waals surface area contributed by atoms with E-state index in [0.29, 0.717) is 11.6 Å². The summed E-state index contributed by atoms with van der Waals surface area (Å²) in [5.41, 5.74) is 3.85. The average molecular weight is 343 g/mol. The maximum Gasteiger partial charge on any atom is 0.326 e. The van der Waals surface area contributed by atoms with E-state index in [9.17, 15) is 4.79 Å². The normalized spacial score (nSPS) is 10.7. The number of hydrogen-bond acceptors (Lipinski definition) is 3. The van der Waals surface area contributed by atoms with Gasteiger partial charge in [-0.15, -0.1) is 0 Å². The van der Waals surface area contributed by atoms with Gasteiger partial charge in [0.15, 0.2) is 5.58 Å². The molecule has 26 heavy (non-hydrogen) atoms. The molecule has 0 fully saturated rings. The number of anilines is 2. The van der Waals surface area contributed by atoms with Gasteiger partial charge in [0.1, 0.15) is 5.52 Å². The fourth-order valence-electron chi connectivity index (χ4n) is 2.70. The Bertz CT molecular complexity index is 1020. The minimum atomic E-state index is -0.217. The molecule has 0 unspecified atom stereocenters. The Morgan fingerprint density at radius 2 is 1.73 bits per heavy atom. The lowest BCUT2D eigenvalue weighted by atomic mass is 10.2. The number of carbonyl (C=O) groups is 1. The third kappa shape index (κ3) is 3.15. The molecule has 0 aliphatic carbocycles. The lowest BCUT2D eigenvalue weighted by Gasteiger charge is -2.18. The molecule has 5 heteroatoms. The lowest BCUT2D eigenvalue weighted by molar-refractivity contribution is 0.258. The summed E-state index contributed by atoms with van der Waals surface area (Å²) in [7, 11) is 1.73. The fraction of sp³-hybridized carbons (Fsp3) is 0.0476. The SMILES string of the molecule is CN(C(=O)Nc1cccc(-c2nc3ccccc3o2)c1)c1ccccc1. The van der Waals surface area contributed by atoms with Crippen molar-refractivity contribution in [1.29, 1.82) is 0 Å². The maximum atomic E-state index is 12.5. The fourth-order valence-corrected chi connectivity index (χ4v) is 2.70. The van der Waals surface area contributed by atoms with Gasteiger partial charge in [-0.3, -0.25) is 4.90 Å². The molecular formula is C21H17N3O2. The maximum absolute atomic E-state index is 12.5. The van der Waals surface area contributed by atoms with Crippen LogP contribution in [0, 0.1) is 0 Å². The van der Waals surface area contributed by atoms with Crippen LogP contribution in [0.3, 0.4) is 0 Å². The van der Waals surface area contributed by atoms with Gasteiger partial charge in [-0.05, 0) is 42.5 Å². The minimum Gasteiger partial charge on any atom is -0.436 e. The van der Waals surface area contributed by atoms with Crippen molar-refractivity contribution in [1.82, 2.24) is 4.98 Å². The molecule has 0 spiro atoms. The van der Waals surface area contributed by atoms with Gasteiger partial charge >= 0.3 is 6.03 Å². The molecule has 0 aliphatic heterocycles. The number of carbonyl (C=O) groups excluding carboxylic acids is 1. The molecule has 4 rings (SSSR count). The van der Waals surface area contributed by atoms with Gasteiger partial charge in [-0.25, -0.2) is 9.78 Å². The van der Waals surface area contributed by atoms with Crippen molar-refractivity contribution in [3.63, 3.8) is 0 Å². The molecule has 1 heterocycles. The quantitative estimate of drug-likeness (QED) is 0.559. The van der Waals surface area contributed by atoms with Gasteiger partial charge in [-0.1, -0.05) is 36.4 Å². The lowest BCUT2D eigenvalue weighted by Crippen LogP contribution is -2.31. The van der Waals surface area contributed by atoms with E-state index < -0.39 is 0 Å². The number of urea groups is 1. The molecule has 4 aromatic rings. The van der Waals surface area contributed by atoms with Crippen LogP contribution < -0.4 is 10.2 Å². The number of rotatable bonds is 3. The third-order valence-corrected chi connectivity index (χ3v) is 4.10. The van der Waals surface area contributed by atoms with Crippen LogP contribution in [0.25, 0.3) is 22.6 Å². The summed E-state index contributed by atoms with van der Waals surface area (Å²) < 4.78 is 5.80. The van der Waals surface area contributed by atoms with Crippen LogP contribution >= 0.6 is 0 Å². The predicted molar refractivity (Wildman–Crippen MR) is 103 cm³/mol. The Morgan fingerprint density at radius 3 is 2.54 bits per heavy atom. The van der Waals surface area contributed by atoms with Crippen LogP contribution in [0.2, 0.25) is 0 Å². The highest BCUT2D eigenvalue weighted by molar-refractivity contribution is 6.01. The number of fused-ring (bicyclic) bond motifs is 1. The molecule has 2 amide bonds. The topological polar surface area (TPSA) is 58.4 Å². The number of aromatic nitrogens is 1. The largest absolute Gasteiger partial charge is 0.436 e. The van der Waals surface area contributed by atoms with Crippen molar-refractivity contribution in [2.75, 3.05) is 17.3 Å². The van der Waals surface area contributed by atoms with Gasteiger partial charge in [0, 0.05) is 24.0 Å². The summed E-state index contributed by atoms with van der Waals surface area (Å²) >= 11 is 0. The predicted octanol–water partition coefficient (Wildman–Crippen LogP) is 5.16.